The van der Waals surface area contributed by atoms with Gasteiger partial charge < -0.3 is 10.6 Å². The number of nitrogens with zero attached hydrogens (tertiary/aromatic N) is 2. The predicted octanol–water partition coefficient (Wildman–Crippen LogP) is 3.04. The van der Waals surface area contributed by atoms with Crippen LogP contribution in [0.1, 0.15) is 44.6 Å². The van der Waals surface area contributed by atoms with Gasteiger partial charge in [0.05, 0.1) is 11.5 Å². The second kappa shape index (κ2) is 14.2. The van der Waals surface area contributed by atoms with E-state index in [1.165, 1.54) is 32.2 Å². The van der Waals surface area contributed by atoms with Crippen molar-refractivity contribution in [2.24, 2.45) is 4.99 Å². The van der Waals surface area contributed by atoms with Crippen molar-refractivity contribution in [3.8, 4) is 0 Å². The topological polar surface area (TPSA) is 73.8 Å². The number of piperidine rings is 1. The van der Waals surface area contributed by atoms with Crippen molar-refractivity contribution >= 4 is 39.8 Å². The number of hydrogen-bond donors (Lipinski definition) is 2. The predicted molar refractivity (Wildman–Crippen MR) is 133 cm³/mol. The summed E-state index contributed by atoms with van der Waals surface area (Å²) in [6, 6.07) is 10.1. The first kappa shape index (κ1) is 26.2. The van der Waals surface area contributed by atoms with Crippen molar-refractivity contribution < 1.29 is 8.42 Å². The van der Waals surface area contributed by atoms with Crippen molar-refractivity contribution in [3.63, 3.8) is 0 Å². The van der Waals surface area contributed by atoms with E-state index in [0.29, 0.717) is 19.0 Å². The zero-order chi connectivity index (χ0) is 20.2. The van der Waals surface area contributed by atoms with E-state index in [1.807, 2.05) is 30.3 Å². The molecule has 2 rings (SSSR count). The lowest BCUT2D eigenvalue weighted by atomic mass is 10.0. The van der Waals surface area contributed by atoms with Crippen LogP contribution in [0.15, 0.2) is 35.3 Å². The highest BCUT2D eigenvalue weighted by atomic mass is 127. The number of benzene rings is 1. The average Bonchev–Trinajstić information content (AvgIpc) is 2.70. The molecule has 0 amide bonds. The lowest BCUT2D eigenvalue weighted by Crippen LogP contribution is -2.46. The van der Waals surface area contributed by atoms with Crippen molar-refractivity contribution in [3.05, 3.63) is 35.9 Å². The number of sulfone groups is 1. The standard InChI is InChI=1S/C21H36N4O2S.HI/c1-3-20-12-7-8-15-25(20)16-14-24-21(22-2)23-13-9-17-28(26,27)18-19-10-5-4-6-11-19;/h4-6,10-11,20H,3,7-9,12-18H2,1-2H3,(H2,22,23,24);1H. The number of guanidine groups is 1. The van der Waals surface area contributed by atoms with Crippen LogP contribution >= 0.6 is 24.0 Å². The largest absolute Gasteiger partial charge is 0.356 e. The molecule has 6 nitrogen and oxygen atoms in total. The fourth-order valence-corrected chi connectivity index (χ4v) is 5.18. The van der Waals surface area contributed by atoms with Gasteiger partial charge in [0, 0.05) is 32.7 Å². The summed E-state index contributed by atoms with van der Waals surface area (Å²) in [5, 5.41) is 6.57. The quantitative estimate of drug-likeness (QED) is 0.208. The summed E-state index contributed by atoms with van der Waals surface area (Å²) in [5.74, 6) is 1.03. The minimum atomic E-state index is -3.09. The molecule has 29 heavy (non-hydrogen) atoms. The summed E-state index contributed by atoms with van der Waals surface area (Å²) in [6.07, 6.45) is 5.73. The van der Waals surface area contributed by atoms with Crippen LogP contribution in [0, 0.1) is 0 Å². The van der Waals surface area contributed by atoms with E-state index >= 15 is 0 Å². The Morgan fingerprint density at radius 2 is 1.90 bits per heavy atom. The maximum atomic E-state index is 12.2. The number of hydrogen-bond acceptors (Lipinski definition) is 4. The Kier molecular flexibility index (Phi) is 12.8. The van der Waals surface area contributed by atoms with Crippen molar-refractivity contribution in [1.29, 1.82) is 0 Å². The minimum absolute atomic E-state index is 0. The van der Waals surface area contributed by atoms with E-state index in [1.54, 1.807) is 7.05 Å². The molecule has 0 saturated carbocycles. The van der Waals surface area contributed by atoms with Crippen LogP contribution < -0.4 is 10.6 Å². The van der Waals surface area contributed by atoms with Gasteiger partial charge in [0.2, 0.25) is 0 Å². The second-order valence-corrected chi connectivity index (χ2v) is 9.63. The van der Waals surface area contributed by atoms with Gasteiger partial charge in [-0.15, -0.1) is 24.0 Å². The Bertz CT molecular complexity index is 698. The van der Waals surface area contributed by atoms with Crippen LogP contribution in [0.5, 0.6) is 0 Å². The maximum absolute atomic E-state index is 12.2. The van der Waals surface area contributed by atoms with E-state index in [4.69, 9.17) is 0 Å². The molecule has 1 aliphatic heterocycles. The molecule has 1 saturated heterocycles. The molecule has 166 valence electrons. The normalized spacial score (nSPS) is 18.1. The molecule has 1 heterocycles. The number of nitrogens with one attached hydrogen (secondary N) is 2. The number of rotatable bonds is 10. The number of aliphatic imine (C=N–C) groups is 1. The third-order valence-corrected chi connectivity index (χ3v) is 6.97. The molecule has 0 spiro atoms. The van der Waals surface area contributed by atoms with Gasteiger partial charge in [-0.05, 0) is 37.8 Å². The molecule has 2 N–H and O–H groups in total. The highest BCUT2D eigenvalue weighted by Gasteiger charge is 2.20. The van der Waals surface area contributed by atoms with Crippen LogP contribution in [0.2, 0.25) is 0 Å². The van der Waals surface area contributed by atoms with Gasteiger partial charge in [0.25, 0.3) is 0 Å². The summed E-state index contributed by atoms with van der Waals surface area (Å²) in [5.41, 5.74) is 0.844. The van der Waals surface area contributed by atoms with E-state index in [9.17, 15) is 8.42 Å². The lowest BCUT2D eigenvalue weighted by Gasteiger charge is -2.35. The van der Waals surface area contributed by atoms with Gasteiger partial charge >= 0.3 is 0 Å². The molecular weight excluding hydrogens is 499 g/mol. The first-order chi connectivity index (χ1) is 13.5. The summed E-state index contributed by atoms with van der Waals surface area (Å²) in [4.78, 5) is 6.81. The van der Waals surface area contributed by atoms with Crippen LogP contribution in [0.4, 0.5) is 0 Å². The Balaban J connectivity index is 0.00000420. The molecule has 0 aliphatic carbocycles. The molecule has 1 atom stereocenters. The van der Waals surface area contributed by atoms with E-state index in [2.05, 4.69) is 27.4 Å². The van der Waals surface area contributed by atoms with Crippen LogP contribution in [-0.4, -0.2) is 64.3 Å². The first-order valence-corrected chi connectivity index (χ1v) is 12.3. The smallest absolute Gasteiger partial charge is 0.191 e. The molecule has 1 aliphatic rings. The third kappa shape index (κ3) is 10.1. The third-order valence-electron chi connectivity index (χ3n) is 5.29. The van der Waals surface area contributed by atoms with Gasteiger partial charge in [-0.2, -0.15) is 0 Å². The van der Waals surface area contributed by atoms with Gasteiger partial charge in [0.15, 0.2) is 15.8 Å². The van der Waals surface area contributed by atoms with Crippen molar-refractivity contribution in [2.75, 3.05) is 39.0 Å². The monoisotopic (exact) mass is 536 g/mol. The van der Waals surface area contributed by atoms with E-state index < -0.39 is 9.84 Å². The van der Waals surface area contributed by atoms with Gasteiger partial charge in [0.1, 0.15) is 0 Å². The fraction of sp³-hybridized carbons (Fsp3) is 0.667. The van der Waals surface area contributed by atoms with Gasteiger partial charge in [-0.1, -0.05) is 43.7 Å². The molecule has 1 fully saturated rings. The van der Waals surface area contributed by atoms with E-state index in [-0.39, 0.29) is 35.5 Å². The molecule has 0 radical (unpaired) electrons. The van der Waals surface area contributed by atoms with Crippen LogP contribution in [0.3, 0.4) is 0 Å². The Morgan fingerprint density at radius 3 is 2.59 bits per heavy atom. The number of halogens is 1. The molecule has 1 aromatic rings. The van der Waals surface area contributed by atoms with Crippen LogP contribution in [0.25, 0.3) is 0 Å². The summed E-state index contributed by atoms with van der Waals surface area (Å²) in [7, 11) is -1.34. The Hall–Kier alpha value is -0.870. The first-order valence-electron chi connectivity index (χ1n) is 10.5. The van der Waals surface area contributed by atoms with Gasteiger partial charge in [-0.3, -0.25) is 9.89 Å². The molecule has 1 unspecified atom stereocenters. The molecule has 1 aromatic carbocycles. The van der Waals surface area contributed by atoms with Gasteiger partial charge in [-0.25, -0.2) is 8.42 Å². The zero-order valence-electron chi connectivity index (χ0n) is 17.8. The molecular formula is C21H37IN4O2S. The highest BCUT2D eigenvalue weighted by Crippen LogP contribution is 2.18. The van der Waals surface area contributed by atoms with Crippen molar-refractivity contribution in [2.45, 2.75) is 50.8 Å². The highest BCUT2D eigenvalue weighted by molar-refractivity contribution is 14.0. The molecule has 0 aromatic heterocycles. The lowest BCUT2D eigenvalue weighted by molar-refractivity contribution is 0.147. The maximum Gasteiger partial charge on any atom is 0.191 e. The summed E-state index contributed by atoms with van der Waals surface area (Å²) >= 11 is 0. The van der Waals surface area contributed by atoms with Crippen molar-refractivity contribution in [1.82, 2.24) is 15.5 Å². The minimum Gasteiger partial charge on any atom is -0.356 e. The Labute approximate surface area is 193 Å². The Morgan fingerprint density at radius 1 is 1.17 bits per heavy atom. The summed E-state index contributed by atoms with van der Waals surface area (Å²) < 4.78 is 24.5. The zero-order valence-corrected chi connectivity index (χ0v) is 20.9. The average molecular weight is 537 g/mol. The fourth-order valence-electron chi connectivity index (χ4n) is 3.75. The summed E-state index contributed by atoms with van der Waals surface area (Å²) in [6.45, 7) is 5.91. The molecule has 0 bridgehead atoms. The molecule has 8 heteroatoms. The van der Waals surface area contributed by atoms with E-state index in [0.717, 1.165) is 24.6 Å². The van der Waals surface area contributed by atoms with Crippen LogP contribution in [-0.2, 0) is 15.6 Å². The SMILES string of the molecule is CCC1CCCCN1CCNC(=NC)NCCCS(=O)(=O)Cc1ccccc1.I. The second-order valence-electron chi connectivity index (χ2n) is 7.45. The number of likely N-dealkylation sites (tertiary alicyclic amines) is 1.